The molecular formula is C12H22O3. The molecule has 0 unspecified atom stereocenters. The highest BCUT2D eigenvalue weighted by Gasteiger charge is 2.46. The number of ether oxygens (including phenoxy) is 2. The van der Waals surface area contributed by atoms with Crippen LogP contribution in [0.15, 0.2) is 0 Å². The molecule has 0 radical (unpaired) electrons. The molecule has 2 rings (SSSR count). The summed E-state index contributed by atoms with van der Waals surface area (Å²) < 4.78 is 11.9. The summed E-state index contributed by atoms with van der Waals surface area (Å²) in [5, 5.41) is 9.28. The zero-order valence-electron chi connectivity index (χ0n) is 9.74. The molecule has 0 aromatic carbocycles. The molecule has 2 aliphatic rings. The second-order valence-corrected chi connectivity index (χ2v) is 5.06. The Morgan fingerprint density at radius 1 is 1.33 bits per heavy atom. The van der Waals surface area contributed by atoms with Crippen LogP contribution in [0.2, 0.25) is 0 Å². The summed E-state index contributed by atoms with van der Waals surface area (Å²) in [6.07, 6.45) is 4.33. The maximum Gasteiger partial charge on any atom is 0.171 e. The summed E-state index contributed by atoms with van der Waals surface area (Å²) in [5.41, 5.74) is 0. The van der Waals surface area contributed by atoms with Gasteiger partial charge in [0.15, 0.2) is 5.79 Å². The minimum atomic E-state index is -0.391. The van der Waals surface area contributed by atoms with Gasteiger partial charge in [-0.2, -0.15) is 0 Å². The fourth-order valence-electron chi connectivity index (χ4n) is 2.73. The van der Waals surface area contributed by atoms with E-state index in [0.717, 1.165) is 25.9 Å². The first kappa shape index (κ1) is 11.4. The van der Waals surface area contributed by atoms with Gasteiger partial charge in [-0.15, -0.1) is 0 Å². The van der Waals surface area contributed by atoms with Crippen LogP contribution >= 0.6 is 0 Å². The van der Waals surface area contributed by atoms with E-state index in [9.17, 15) is 5.11 Å². The van der Waals surface area contributed by atoms with Crippen LogP contribution in [-0.4, -0.2) is 30.2 Å². The van der Waals surface area contributed by atoms with Crippen molar-refractivity contribution in [1.29, 1.82) is 0 Å². The van der Waals surface area contributed by atoms with Gasteiger partial charge in [0.1, 0.15) is 0 Å². The third-order valence-corrected chi connectivity index (χ3v) is 3.99. The zero-order chi connectivity index (χ0) is 10.9. The molecule has 2 heterocycles. The van der Waals surface area contributed by atoms with Crippen molar-refractivity contribution in [3.63, 3.8) is 0 Å². The second-order valence-electron chi connectivity index (χ2n) is 5.06. The molecule has 2 aliphatic heterocycles. The largest absolute Gasteiger partial charge is 0.394 e. The van der Waals surface area contributed by atoms with E-state index in [0.29, 0.717) is 11.8 Å². The van der Waals surface area contributed by atoms with Crippen molar-refractivity contribution >= 4 is 0 Å². The molecule has 88 valence electrons. The lowest BCUT2D eigenvalue weighted by molar-refractivity contribution is -0.329. The molecular weight excluding hydrogens is 192 g/mol. The minimum absolute atomic E-state index is 0.0423. The summed E-state index contributed by atoms with van der Waals surface area (Å²) in [6, 6.07) is 0. The fourth-order valence-corrected chi connectivity index (χ4v) is 2.73. The SMILES string of the molecule is C[C@@H]1CCCO[C@@]12CC[C@H](C)[C@@H](CO)O2. The van der Waals surface area contributed by atoms with Gasteiger partial charge in [0.25, 0.3) is 0 Å². The zero-order valence-corrected chi connectivity index (χ0v) is 9.74. The lowest BCUT2D eigenvalue weighted by atomic mass is 9.83. The Morgan fingerprint density at radius 2 is 2.13 bits per heavy atom. The molecule has 0 bridgehead atoms. The first-order chi connectivity index (χ1) is 7.18. The van der Waals surface area contributed by atoms with E-state index >= 15 is 0 Å². The van der Waals surface area contributed by atoms with E-state index in [1.54, 1.807) is 0 Å². The molecule has 1 spiro atoms. The number of hydrogen-bond acceptors (Lipinski definition) is 3. The highest BCUT2D eigenvalue weighted by molar-refractivity contribution is 4.87. The molecule has 2 saturated heterocycles. The van der Waals surface area contributed by atoms with Crippen molar-refractivity contribution in [1.82, 2.24) is 0 Å². The lowest BCUT2D eigenvalue weighted by Crippen LogP contribution is -2.53. The van der Waals surface area contributed by atoms with E-state index in [-0.39, 0.29) is 12.7 Å². The van der Waals surface area contributed by atoms with Gasteiger partial charge in [-0.05, 0) is 25.2 Å². The highest BCUT2D eigenvalue weighted by atomic mass is 16.7. The molecule has 0 aliphatic carbocycles. The molecule has 2 fully saturated rings. The van der Waals surface area contributed by atoms with Crippen LogP contribution in [0.25, 0.3) is 0 Å². The van der Waals surface area contributed by atoms with Gasteiger partial charge < -0.3 is 14.6 Å². The number of aliphatic hydroxyl groups is 1. The Hall–Kier alpha value is -0.120. The summed E-state index contributed by atoms with van der Waals surface area (Å²) >= 11 is 0. The van der Waals surface area contributed by atoms with Crippen LogP contribution in [0, 0.1) is 11.8 Å². The first-order valence-corrected chi connectivity index (χ1v) is 6.10. The van der Waals surface area contributed by atoms with Crippen molar-refractivity contribution in [3.05, 3.63) is 0 Å². The van der Waals surface area contributed by atoms with Gasteiger partial charge in [0.2, 0.25) is 0 Å². The van der Waals surface area contributed by atoms with Gasteiger partial charge in [0, 0.05) is 12.3 Å². The predicted octanol–water partition coefficient (Wildman–Crippen LogP) is 1.94. The van der Waals surface area contributed by atoms with Gasteiger partial charge in [-0.3, -0.25) is 0 Å². The molecule has 0 amide bonds. The van der Waals surface area contributed by atoms with Gasteiger partial charge >= 0.3 is 0 Å². The Kier molecular flexibility index (Phi) is 3.33. The highest BCUT2D eigenvalue weighted by Crippen LogP contribution is 2.42. The molecule has 0 aromatic heterocycles. The first-order valence-electron chi connectivity index (χ1n) is 6.10. The number of hydrogen-bond donors (Lipinski definition) is 1. The summed E-state index contributed by atoms with van der Waals surface area (Å²) in [4.78, 5) is 0. The summed E-state index contributed by atoms with van der Waals surface area (Å²) in [6.45, 7) is 5.25. The van der Waals surface area contributed by atoms with Crippen LogP contribution in [0.3, 0.4) is 0 Å². The Labute approximate surface area is 91.8 Å². The molecule has 0 saturated carbocycles. The maximum absolute atomic E-state index is 9.28. The molecule has 3 nitrogen and oxygen atoms in total. The average molecular weight is 214 g/mol. The van der Waals surface area contributed by atoms with Gasteiger partial charge in [0.05, 0.1) is 19.3 Å². The van der Waals surface area contributed by atoms with E-state index in [1.807, 2.05) is 0 Å². The number of aliphatic hydroxyl groups excluding tert-OH is 1. The van der Waals surface area contributed by atoms with E-state index in [4.69, 9.17) is 9.47 Å². The van der Waals surface area contributed by atoms with E-state index in [1.165, 1.54) is 6.42 Å². The minimum Gasteiger partial charge on any atom is -0.394 e. The fraction of sp³-hybridized carbons (Fsp3) is 1.00. The van der Waals surface area contributed by atoms with Crippen LogP contribution < -0.4 is 0 Å². The molecule has 0 aromatic rings. The normalized spacial score (nSPS) is 47.0. The summed E-state index contributed by atoms with van der Waals surface area (Å²) in [5.74, 6) is 0.504. The van der Waals surface area contributed by atoms with E-state index in [2.05, 4.69) is 13.8 Å². The Morgan fingerprint density at radius 3 is 2.80 bits per heavy atom. The second kappa shape index (κ2) is 4.40. The van der Waals surface area contributed by atoms with Gasteiger partial charge in [-0.1, -0.05) is 13.8 Å². The third-order valence-electron chi connectivity index (χ3n) is 3.99. The Balaban J connectivity index is 2.07. The van der Waals surface area contributed by atoms with Crippen molar-refractivity contribution < 1.29 is 14.6 Å². The van der Waals surface area contributed by atoms with E-state index < -0.39 is 5.79 Å². The molecule has 1 N–H and O–H groups in total. The number of rotatable bonds is 1. The van der Waals surface area contributed by atoms with Gasteiger partial charge in [-0.25, -0.2) is 0 Å². The molecule has 3 heteroatoms. The van der Waals surface area contributed by atoms with Crippen molar-refractivity contribution in [2.75, 3.05) is 13.2 Å². The van der Waals surface area contributed by atoms with Crippen LogP contribution in [0.5, 0.6) is 0 Å². The standard InChI is InChI=1S/C12H22O3/c1-9-5-6-12(15-11(9)8-13)10(2)4-3-7-14-12/h9-11,13H,3-8H2,1-2H3/t9-,10+,11+,12+/m0/s1. The topological polar surface area (TPSA) is 38.7 Å². The van der Waals surface area contributed by atoms with Crippen molar-refractivity contribution in [2.24, 2.45) is 11.8 Å². The van der Waals surface area contributed by atoms with Crippen molar-refractivity contribution in [2.45, 2.75) is 51.4 Å². The maximum atomic E-state index is 9.28. The smallest absolute Gasteiger partial charge is 0.171 e. The molecule has 15 heavy (non-hydrogen) atoms. The Bertz CT molecular complexity index is 219. The van der Waals surface area contributed by atoms with Crippen LogP contribution in [0.4, 0.5) is 0 Å². The monoisotopic (exact) mass is 214 g/mol. The van der Waals surface area contributed by atoms with Crippen molar-refractivity contribution in [3.8, 4) is 0 Å². The quantitative estimate of drug-likeness (QED) is 0.725. The molecule has 4 atom stereocenters. The third kappa shape index (κ3) is 2.05. The predicted molar refractivity (Wildman–Crippen MR) is 57.4 cm³/mol. The average Bonchev–Trinajstić information content (AvgIpc) is 2.26. The van der Waals surface area contributed by atoms with Crippen LogP contribution in [0.1, 0.15) is 39.5 Å². The van der Waals surface area contributed by atoms with Crippen LogP contribution in [-0.2, 0) is 9.47 Å². The summed E-state index contributed by atoms with van der Waals surface area (Å²) in [7, 11) is 0. The lowest BCUT2D eigenvalue weighted by Gasteiger charge is -2.48.